The Balaban J connectivity index is 1.68. The number of carbonyl (C=O) groups is 1. The third kappa shape index (κ3) is 3.37. The summed E-state index contributed by atoms with van der Waals surface area (Å²) >= 11 is 0. The molecule has 0 saturated carbocycles. The van der Waals surface area contributed by atoms with E-state index in [2.05, 4.69) is 25.8 Å². The van der Waals surface area contributed by atoms with Crippen molar-refractivity contribution < 1.29 is 4.79 Å². The molecule has 0 aliphatic heterocycles. The minimum absolute atomic E-state index is 0.228. The molecule has 0 atom stereocenters. The van der Waals surface area contributed by atoms with E-state index in [0.717, 1.165) is 16.9 Å². The lowest BCUT2D eigenvalue weighted by Crippen LogP contribution is -2.14. The predicted octanol–water partition coefficient (Wildman–Crippen LogP) is 3.42. The molecule has 0 radical (unpaired) electrons. The quantitative estimate of drug-likeness (QED) is 0.689. The molecule has 0 saturated heterocycles. The summed E-state index contributed by atoms with van der Waals surface area (Å²) in [6.07, 6.45) is 1.61. The van der Waals surface area contributed by atoms with Gasteiger partial charge in [0.1, 0.15) is 11.5 Å². The van der Waals surface area contributed by atoms with Crippen molar-refractivity contribution in [1.82, 2.24) is 15.2 Å². The second-order valence-electron chi connectivity index (χ2n) is 5.19. The van der Waals surface area contributed by atoms with Gasteiger partial charge in [-0.25, -0.2) is 4.98 Å². The Morgan fingerprint density at radius 2 is 1.83 bits per heavy atom. The number of H-pyrrole nitrogens is 1. The third-order valence-electron chi connectivity index (χ3n) is 3.55. The van der Waals surface area contributed by atoms with E-state index in [1.54, 1.807) is 12.3 Å². The number of para-hydroxylation sites is 1. The molecule has 3 aromatic rings. The first kappa shape index (κ1) is 14.8. The minimum atomic E-state index is -0.228. The van der Waals surface area contributed by atoms with Crippen molar-refractivity contribution in [3.63, 3.8) is 0 Å². The van der Waals surface area contributed by atoms with Gasteiger partial charge in [0, 0.05) is 11.3 Å². The van der Waals surface area contributed by atoms with Crippen LogP contribution in [0, 0.1) is 13.8 Å². The van der Waals surface area contributed by atoms with Crippen LogP contribution in [0.1, 0.15) is 21.7 Å². The fraction of sp³-hybridized carbons (Fsp3) is 0.118. The summed E-state index contributed by atoms with van der Waals surface area (Å²) in [5.74, 6) is 0.483. The molecule has 0 aliphatic carbocycles. The van der Waals surface area contributed by atoms with E-state index in [9.17, 15) is 4.79 Å². The smallest absolute Gasteiger partial charge is 0.273 e. The first-order valence-electron chi connectivity index (χ1n) is 7.24. The molecule has 1 aromatic carbocycles. The monoisotopic (exact) mass is 307 g/mol. The number of pyridine rings is 1. The van der Waals surface area contributed by atoms with E-state index < -0.39 is 0 Å². The minimum Gasteiger partial charge on any atom is -0.340 e. The normalized spacial score (nSPS) is 10.3. The Bertz CT molecular complexity index is 809. The number of aromatic nitrogens is 3. The lowest BCUT2D eigenvalue weighted by molar-refractivity contribution is 0.102. The fourth-order valence-corrected chi connectivity index (χ4v) is 2.11. The summed E-state index contributed by atoms with van der Waals surface area (Å²) in [5.41, 5.74) is 3.71. The average molecular weight is 307 g/mol. The van der Waals surface area contributed by atoms with Crippen LogP contribution in [0.25, 0.3) is 0 Å². The van der Waals surface area contributed by atoms with E-state index in [0.29, 0.717) is 17.2 Å². The highest BCUT2D eigenvalue weighted by atomic mass is 16.1. The van der Waals surface area contributed by atoms with Gasteiger partial charge >= 0.3 is 0 Å². The number of nitrogens with one attached hydrogen (secondary N) is 3. The van der Waals surface area contributed by atoms with Crippen molar-refractivity contribution >= 4 is 23.1 Å². The van der Waals surface area contributed by atoms with Gasteiger partial charge in [0.05, 0.1) is 17.6 Å². The molecule has 2 heterocycles. The highest BCUT2D eigenvalue weighted by molar-refractivity contribution is 6.03. The molecule has 0 aliphatic rings. The SMILES string of the molecule is Cc1n[nH]c(C(=O)Nc2ccc(Nc3ccccc3)nc2)c1C. The van der Waals surface area contributed by atoms with Crippen LogP contribution in [0.5, 0.6) is 0 Å². The van der Waals surface area contributed by atoms with E-state index in [4.69, 9.17) is 0 Å². The van der Waals surface area contributed by atoms with Gasteiger partial charge < -0.3 is 10.6 Å². The largest absolute Gasteiger partial charge is 0.340 e. The summed E-state index contributed by atoms with van der Waals surface area (Å²) < 4.78 is 0. The van der Waals surface area contributed by atoms with Gasteiger partial charge in [-0.2, -0.15) is 5.10 Å². The van der Waals surface area contributed by atoms with Crippen molar-refractivity contribution in [3.8, 4) is 0 Å². The number of nitrogens with zero attached hydrogens (tertiary/aromatic N) is 2. The number of anilines is 3. The number of aromatic amines is 1. The van der Waals surface area contributed by atoms with Gasteiger partial charge in [-0.05, 0) is 38.1 Å². The van der Waals surface area contributed by atoms with E-state index in [1.807, 2.05) is 50.2 Å². The number of amides is 1. The van der Waals surface area contributed by atoms with Crippen molar-refractivity contribution in [1.29, 1.82) is 0 Å². The van der Waals surface area contributed by atoms with Gasteiger partial charge in [0.15, 0.2) is 0 Å². The van der Waals surface area contributed by atoms with Gasteiger partial charge in [0.25, 0.3) is 5.91 Å². The zero-order chi connectivity index (χ0) is 16.2. The molecule has 2 aromatic heterocycles. The molecule has 6 heteroatoms. The Kier molecular flexibility index (Phi) is 4.05. The molecular weight excluding hydrogens is 290 g/mol. The number of hydrogen-bond acceptors (Lipinski definition) is 4. The molecule has 3 rings (SSSR count). The molecule has 116 valence electrons. The van der Waals surface area contributed by atoms with E-state index in [1.165, 1.54) is 0 Å². The van der Waals surface area contributed by atoms with Crippen molar-refractivity contribution in [2.24, 2.45) is 0 Å². The second kappa shape index (κ2) is 6.31. The summed E-state index contributed by atoms with van der Waals surface area (Å²) in [6.45, 7) is 3.72. The van der Waals surface area contributed by atoms with Gasteiger partial charge in [-0.3, -0.25) is 9.89 Å². The number of hydrogen-bond donors (Lipinski definition) is 3. The maximum Gasteiger partial charge on any atom is 0.273 e. The number of benzene rings is 1. The first-order chi connectivity index (χ1) is 11.1. The van der Waals surface area contributed by atoms with Crippen LogP contribution >= 0.6 is 0 Å². The highest BCUT2D eigenvalue weighted by Gasteiger charge is 2.13. The zero-order valence-corrected chi connectivity index (χ0v) is 12.9. The van der Waals surface area contributed by atoms with Gasteiger partial charge in [-0.15, -0.1) is 0 Å². The second-order valence-corrected chi connectivity index (χ2v) is 5.19. The van der Waals surface area contributed by atoms with Crippen LogP contribution < -0.4 is 10.6 Å². The topological polar surface area (TPSA) is 82.7 Å². The maximum absolute atomic E-state index is 12.2. The Hall–Kier alpha value is -3.15. The molecule has 0 spiro atoms. The van der Waals surface area contributed by atoms with Gasteiger partial charge in [-0.1, -0.05) is 18.2 Å². The number of rotatable bonds is 4. The standard InChI is InChI=1S/C17H17N5O/c1-11-12(2)21-22-16(11)17(23)20-14-8-9-15(18-10-14)19-13-6-4-3-5-7-13/h3-10H,1-2H3,(H,18,19)(H,20,23)(H,21,22). The first-order valence-corrected chi connectivity index (χ1v) is 7.24. The summed E-state index contributed by atoms with van der Waals surface area (Å²) in [5, 5.41) is 12.8. The lowest BCUT2D eigenvalue weighted by atomic mass is 10.2. The molecule has 0 bridgehead atoms. The molecule has 0 fully saturated rings. The molecule has 23 heavy (non-hydrogen) atoms. The zero-order valence-electron chi connectivity index (χ0n) is 12.9. The van der Waals surface area contributed by atoms with Crippen molar-refractivity contribution in [3.05, 3.63) is 65.6 Å². The van der Waals surface area contributed by atoms with Crippen LogP contribution in [0.4, 0.5) is 17.2 Å². The highest BCUT2D eigenvalue weighted by Crippen LogP contribution is 2.17. The Morgan fingerprint density at radius 3 is 2.43 bits per heavy atom. The lowest BCUT2D eigenvalue weighted by Gasteiger charge is -2.07. The predicted molar refractivity (Wildman–Crippen MR) is 90.0 cm³/mol. The fourth-order valence-electron chi connectivity index (χ4n) is 2.11. The summed E-state index contributed by atoms with van der Waals surface area (Å²) in [6, 6.07) is 13.4. The number of carbonyl (C=O) groups excluding carboxylic acids is 1. The van der Waals surface area contributed by atoms with Crippen molar-refractivity contribution in [2.45, 2.75) is 13.8 Å². The van der Waals surface area contributed by atoms with Gasteiger partial charge in [0.2, 0.25) is 0 Å². The van der Waals surface area contributed by atoms with Crippen LogP contribution in [-0.2, 0) is 0 Å². The average Bonchev–Trinajstić information content (AvgIpc) is 2.90. The van der Waals surface area contributed by atoms with E-state index in [-0.39, 0.29) is 5.91 Å². The van der Waals surface area contributed by atoms with Crippen LogP contribution in [0.15, 0.2) is 48.7 Å². The third-order valence-corrected chi connectivity index (χ3v) is 3.55. The van der Waals surface area contributed by atoms with Crippen molar-refractivity contribution in [2.75, 3.05) is 10.6 Å². The summed E-state index contributed by atoms with van der Waals surface area (Å²) in [7, 11) is 0. The summed E-state index contributed by atoms with van der Waals surface area (Å²) in [4.78, 5) is 16.5. The van der Waals surface area contributed by atoms with Crippen LogP contribution in [0.3, 0.4) is 0 Å². The molecule has 3 N–H and O–H groups in total. The molecule has 6 nitrogen and oxygen atoms in total. The Labute approximate surface area is 134 Å². The van der Waals surface area contributed by atoms with E-state index >= 15 is 0 Å². The van der Waals surface area contributed by atoms with Crippen LogP contribution in [0.2, 0.25) is 0 Å². The molecule has 1 amide bonds. The maximum atomic E-state index is 12.2. The van der Waals surface area contributed by atoms with Crippen LogP contribution in [-0.4, -0.2) is 21.1 Å². The molecule has 0 unspecified atom stereocenters. The number of aryl methyl sites for hydroxylation is 1. The Morgan fingerprint density at radius 1 is 1.04 bits per heavy atom. The molecular formula is C17H17N5O.